The molecule has 0 atom stereocenters. The van der Waals surface area contributed by atoms with E-state index in [1.165, 1.54) is 22.3 Å². The second-order valence-corrected chi connectivity index (χ2v) is 20.4. The Hall–Kier alpha value is -6.32. The highest BCUT2D eigenvalue weighted by Gasteiger charge is 2.52. The predicted molar refractivity (Wildman–Crippen MR) is 251 cm³/mol. The van der Waals surface area contributed by atoms with E-state index in [2.05, 4.69) is 200 Å². The maximum atomic E-state index is 15.5. The van der Waals surface area contributed by atoms with Crippen LogP contribution in [-0.2, 0) is 21.7 Å². The van der Waals surface area contributed by atoms with Gasteiger partial charge in [0.15, 0.2) is 10.9 Å². The average molecular weight is 780 g/mol. The smallest absolute Gasteiger partial charge is 0.197 e. The van der Waals surface area contributed by atoms with Crippen molar-refractivity contribution >= 4 is 38.1 Å². The summed E-state index contributed by atoms with van der Waals surface area (Å²) >= 11 is 0. The van der Waals surface area contributed by atoms with Crippen molar-refractivity contribution in [1.29, 1.82) is 0 Å². The summed E-state index contributed by atoms with van der Waals surface area (Å²) < 4.78 is 2.33. The molecule has 3 heterocycles. The summed E-state index contributed by atoms with van der Waals surface area (Å²) in [7, 11) is 0. The Morgan fingerprint density at radius 3 is 1.10 bits per heavy atom. The maximum absolute atomic E-state index is 15.5. The van der Waals surface area contributed by atoms with Crippen LogP contribution in [0.1, 0.15) is 101 Å². The topological polar surface area (TPSA) is 38.5 Å². The first-order valence-electron chi connectivity index (χ1n) is 21.4. The summed E-state index contributed by atoms with van der Waals surface area (Å²) in [5.41, 5.74) is 15.5. The van der Waals surface area contributed by atoms with Crippen molar-refractivity contribution in [2.24, 2.45) is 0 Å². The predicted octanol–water partition coefficient (Wildman–Crippen LogP) is 13.5. The van der Waals surface area contributed by atoms with Gasteiger partial charge in [0.1, 0.15) is 0 Å². The molecule has 0 fully saturated rings. The zero-order valence-electron chi connectivity index (χ0n) is 36.0. The number of nitrogens with zero attached hydrogens (tertiary/aromatic N) is 1. The van der Waals surface area contributed by atoms with E-state index in [0.717, 1.165) is 66.6 Å². The van der Waals surface area contributed by atoms with Gasteiger partial charge >= 0.3 is 0 Å². The van der Waals surface area contributed by atoms with Crippen LogP contribution in [0.5, 0.6) is 0 Å². The Bertz CT molecular complexity index is 3220. The standard InChI is InChI=1S/C57H49NO2/c1-54(2,3)34-26-39-49-40(27-34)53(60)42-29-36(56(7,8)9)31-46-51(42)58(49)50-41(52(39)59)28-35(55(4,5)6)30-45(50)57(46)43-24-16-22-37(32-18-12-10-13-19-32)47(43)48-38(23-17-25-44(48)57)33-20-14-11-15-21-33/h10-31H,1-9H3. The van der Waals surface area contributed by atoms with Crippen LogP contribution >= 0.6 is 0 Å². The molecular formula is C57H49NO2. The minimum Gasteiger partial charge on any atom is -0.307 e. The Kier molecular flexibility index (Phi) is 7.29. The Morgan fingerprint density at radius 2 is 0.733 bits per heavy atom. The third-order valence-corrected chi connectivity index (χ3v) is 13.7. The van der Waals surface area contributed by atoms with Gasteiger partial charge in [-0.2, -0.15) is 0 Å². The fourth-order valence-corrected chi connectivity index (χ4v) is 10.7. The molecule has 0 radical (unpaired) electrons. The second-order valence-electron chi connectivity index (χ2n) is 20.4. The molecule has 7 aromatic carbocycles. The number of rotatable bonds is 2. The van der Waals surface area contributed by atoms with Gasteiger partial charge in [-0.3, -0.25) is 9.59 Å². The van der Waals surface area contributed by atoms with Gasteiger partial charge in [-0.05, 0) is 113 Å². The molecule has 60 heavy (non-hydrogen) atoms. The van der Waals surface area contributed by atoms with Crippen LogP contribution < -0.4 is 10.9 Å². The van der Waals surface area contributed by atoms with Crippen LogP contribution in [0.25, 0.3) is 71.5 Å². The van der Waals surface area contributed by atoms with Gasteiger partial charge < -0.3 is 4.40 Å². The van der Waals surface area contributed by atoms with E-state index in [1.807, 2.05) is 0 Å². The molecule has 9 aromatic rings. The number of pyridine rings is 2. The molecule has 294 valence electrons. The second kappa shape index (κ2) is 11.9. The van der Waals surface area contributed by atoms with Crippen molar-refractivity contribution in [3.8, 4) is 33.4 Å². The average Bonchev–Trinajstić information content (AvgIpc) is 3.52. The van der Waals surface area contributed by atoms with Gasteiger partial charge in [0.25, 0.3) is 0 Å². The number of benzene rings is 7. The van der Waals surface area contributed by atoms with E-state index in [9.17, 15) is 0 Å². The molecule has 0 unspecified atom stereocenters. The van der Waals surface area contributed by atoms with Crippen LogP contribution in [0.15, 0.2) is 143 Å². The third-order valence-electron chi connectivity index (χ3n) is 13.7. The highest BCUT2D eigenvalue weighted by molar-refractivity contribution is 6.14. The van der Waals surface area contributed by atoms with E-state index in [0.29, 0.717) is 21.5 Å². The van der Waals surface area contributed by atoms with Gasteiger partial charge in [0.05, 0.1) is 22.0 Å². The molecule has 3 nitrogen and oxygen atoms in total. The minimum absolute atomic E-state index is 0.0216. The molecule has 0 N–H and O–H groups in total. The van der Waals surface area contributed by atoms with Gasteiger partial charge in [-0.25, -0.2) is 0 Å². The zero-order valence-corrected chi connectivity index (χ0v) is 36.0. The molecule has 0 amide bonds. The van der Waals surface area contributed by atoms with Crippen molar-refractivity contribution in [1.82, 2.24) is 4.40 Å². The molecule has 0 saturated carbocycles. The summed E-state index contributed by atoms with van der Waals surface area (Å²) in [6.45, 7) is 19.9. The quantitative estimate of drug-likeness (QED) is 0.129. The van der Waals surface area contributed by atoms with Gasteiger partial charge in [-0.15, -0.1) is 0 Å². The van der Waals surface area contributed by atoms with Crippen LogP contribution in [0.2, 0.25) is 0 Å². The highest BCUT2D eigenvalue weighted by atomic mass is 16.1. The maximum Gasteiger partial charge on any atom is 0.197 e. The lowest BCUT2D eigenvalue weighted by Crippen LogP contribution is -2.35. The summed E-state index contributed by atoms with van der Waals surface area (Å²) in [6.07, 6.45) is 0. The lowest BCUT2D eigenvalue weighted by atomic mass is 9.63. The van der Waals surface area contributed by atoms with Crippen LogP contribution in [-0.4, -0.2) is 4.40 Å². The highest BCUT2D eigenvalue weighted by Crippen LogP contribution is 2.64. The van der Waals surface area contributed by atoms with E-state index in [4.69, 9.17) is 0 Å². The molecule has 1 aliphatic heterocycles. The molecule has 1 spiro atoms. The van der Waals surface area contributed by atoms with E-state index in [1.54, 1.807) is 0 Å². The number of hydrogen-bond acceptors (Lipinski definition) is 2. The fraction of sp³-hybridized carbons (Fsp3) is 0.228. The number of hydrogen-bond donors (Lipinski definition) is 0. The first-order chi connectivity index (χ1) is 28.5. The third kappa shape index (κ3) is 4.72. The van der Waals surface area contributed by atoms with Crippen molar-refractivity contribution in [2.45, 2.75) is 84.0 Å². The van der Waals surface area contributed by atoms with Gasteiger partial charge in [0.2, 0.25) is 0 Å². The first kappa shape index (κ1) is 36.7. The fourth-order valence-electron chi connectivity index (χ4n) is 10.7. The zero-order chi connectivity index (χ0) is 41.8. The van der Waals surface area contributed by atoms with Gasteiger partial charge in [0, 0.05) is 21.5 Å². The van der Waals surface area contributed by atoms with E-state index in [-0.39, 0.29) is 27.1 Å². The largest absolute Gasteiger partial charge is 0.307 e. The molecular weight excluding hydrogens is 731 g/mol. The summed E-state index contributed by atoms with van der Waals surface area (Å²) in [5, 5.41) is 2.60. The summed E-state index contributed by atoms with van der Waals surface area (Å²) in [5.74, 6) is 0. The number of aromatic nitrogens is 1. The lowest BCUT2D eigenvalue weighted by Gasteiger charge is -2.41. The van der Waals surface area contributed by atoms with Gasteiger partial charge in [-0.1, -0.05) is 172 Å². The van der Waals surface area contributed by atoms with Crippen LogP contribution in [0.4, 0.5) is 0 Å². The summed E-state index contributed by atoms with van der Waals surface area (Å²) in [6, 6.07) is 48.3. The Balaban J connectivity index is 1.47. The molecule has 3 heteroatoms. The normalized spacial score (nSPS) is 14.3. The van der Waals surface area contributed by atoms with Crippen molar-refractivity contribution in [3.63, 3.8) is 0 Å². The van der Waals surface area contributed by atoms with Crippen LogP contribution in [0, 0.1) is 0 Å². The van der Waals surface area contributed by atoms with Crippen molar-refractivity contribution < 1.29 is 0 Å². The summed E-state index contributed by atoms with van der Waals surface area (Å²) in [4.78, 5) is 31.0. The molecule has 1 aliphatic carbocycles. The van der Waals surface area contributed by atoms with E-state index < -0.39 is 5.41 Å². The monoisotopic (exact) mass is 779 g/mol. The van der Waals surface area contributed by atoms with E-state index >= 15 is 9.59 Å². The molecule has 0 bridgehead atoms. The molecule has 0 saturated heterocycles. The van der Waals surface area contributed by atoms with Crippen molar-refractivity contribution in [2.75, 3.05) is 0 Å². The number of fused-ring (bicyclic) bond motifs is 7. The molecule has 2 aromatic heterocycles. The Labute approximate surface area is 351 Å². The van der Waals surface area contributed by atoms with Crippen molar-refractivity contribution in [3.05, 3.63) is 193 Å². The Morgan fingerprint density at radius 1 is 0.383 bits per heavy atom. The molecule has 11 rings (SSSR count). The van der Waals surface area contributed by atoms with Crippen LogP contribution in [0.3, 0.4) is 0 Å². The SMILES string of the molecule is CC(C)(C)c1cc2c3c(c1)c(=O)c1cc(C(C)(C)C)cc4c(=O)c5cc(C(C)(C)C)cc(c5n3c14)C21c2cccc(-c3ccccc3)c2-c2c(-c3ccccc3)cccc21. The first-order valence-corrected chi connectivity index (χ1v) is 21.4. The lowest BCUT2D eigenvalue weighted by molar-refractivity contribution is 0.586. The molecule has 2 aliphatic rings. The minimum atomic E-state index is -0.881.